The molecule has 1 fully saturated rings. The number of nitrogens with one attached hydrogen (secondary N) is 1. The Morgan fingerprint density at radius 1 is 1.44 bits per heavy atom. The highest BCUT2D eigenvalue weighted by Gasteiger charge is 2.16. The first-order chi connectivity index (χ1) is 8.66. The molecular formula is C14H26N4. The Morgan fingerprint density at radius 3 is 2.83 bits per heavy atom. The molecule has 1 aromatic rings. The van der Waals surface area contributed by atoms with E-state index < -0.39 is 0 Å². The van der Waals surface area contributed by atoms with Crippen molar-refractivity contribution in [3.63, 3.8) is 0 Å². The van der Waals surface area contributed by atoms with E-state index in [2.05, 4.69) is 40.7 Å². The summed E-state index contributed by atoms with van der Waals surface area (Å²) in [7, 11) is 2.22. The molecule has 1 saturated heterocycles. The predicted molar refractivity (Wildman–Crippen MR) is 74.5 cm³/mol. The molecule has 1 N–H and O–H groups in total. The summed E-state index contributed by atoms with van der Waals surface area (Å²) in [4.78, 5) is 6.71. The monoisotopic (exact) mass is 250 g/mol. The fourth-order valence-corrected chi connectivity index (χ4v) is 2.77. The minimum absolute atomic E-state index is 0.495. The zero-order valence-electron chi connectivity index (χ0n) is 11.9. The van der Waals surface area contributed by atoms with Gasteiger partial charge in [0.05, 0.1) is 12.0 Å². The van der Waals surface area contributed by atoms with Crippen molar-refractivity contribution >= 4 is 0 Å². The molecule has 2 heterocycles. The SMILES string of the molecule is CC(C)n1cncc1CN(C)CC1CCNCC1. The van der Waals surface area contributed by atoms with Gasteiger partial charge in [-0.25, -0.2) is 4.98 Å². The Bertz CT molecular complexity index is 352. The average molecular weight is 250 g/mol. The van der Waals surface area contributed by atoms with Crippen molar-refractivity contribution < 1.29 is 0 Å². The molecule has 1 aliphatic heterocycles. The Morgan fingerprint density at radius 2 is 2.17 bits per heavy atom. The first-order valence-corrected chi connectivity index (χ1v) is 7.06. The highest BCUT2D eigenvalue weighted by Crippen LogP contribution is 2.15. The van der Waals surface area contributed by atoms with Gasteiger partial charge in [0, 0.05) is 25.3 Å². The van der Waals surface area contributed by atoms with Crippen LogP contribution in [-0.2, 0) is 6.54 Å². The van der Waals surface area contributed by atoms with Gasteiger partial charge in [-0.1, -0.05) is 0 Å². The van der Waals surface area contributed by atoms with E-state index in [1.807, 2.05) is 12.5 Å². The van der Waals surface area contributed by atoms with E-state index in [1.165, 1.54) is 38.2 Å². The molecule has 0 radical (unpaired) electrons. The third kappa shape index (κ3) is 3.56. The number of nitrogens with zero attached hydrogens (tertiary/aromatic N) is 3. The fraction of sp³-hybridized carbons (Fsp3) is 0.786. The van der Waals surface area contributed by atoms with Gasteiger partial charge in [-0.2, -0.15) is 0 Å². The molecule has 0 amide bonds. The van der Waals surface area contributed by atoms with E-state index >= 15 is 0 Å². The number of imidazole rings is 1. The van der Waals surface area contributed by atoms with Crippen LogP contribution in [0.3, 0.4) is 0 Å². The van der Waals surface area contributed by atoms with Gasteiger partial charge in [0.1, 0.15) is 0 Å². The first-order valence-electron chi connectivity index (χ1n) is 7.06. The molecule has 0 spiro atoms. The molecule has 0 bridgehead atoms. The Kier molecular flexibility index (Phi) is 4.78. The third-order valence-corrected chi connectivity index (χ3v) is 3.76. The van der Waals surface area contributed by atoms with Crippen molar-refractivity contribution in [2.75, 3.05) is 26.7 Å². The number of aromatic nitrogens is 2. The van der Waals surface area contributed by atoms with Gasteiger partial charge in [0.25, 0.3) is 0 Å². The van der Waals surface area contributed by atoms with E-state index in [4.69, 9.17) is 0 Å². The lowest BCUT2D eigenvalue weighted by Crippen LogP contribution is -2.34. The summed E-state index contributed by atoms with van der Waals surface area (Å²) >= 11 is 0. The minimum atomic E-state index is 0.495. The van der Waals surface area contributed by atoms with Gasteiger partial charge in [-0.05, 0) is 52.7 Å². The molecule has 0 saturated carbocycles. The molecule has 4 nitrogen and oxygen atoms in total. The van der Waals surface area contributed by atoms with Gasteiger partial charge in [-0.15, -0.1) is 0 Å². The van der Waals surface area contributed by atoms with Gasteiger partial charge >= 0.3 is 0 Å². The van der Waals surface area contributed by atoms with Gasteiger partial charge < -0.3 is 14.8 Å². The molecule has 0 unspecified atom stereocenters. The van der Waals surface area contributed by atoms with Crippen molar-refractivity contribution in [2.24, 2.45) is 5.92 Å². The van der Waals surface area contributed by atoms with Crippen molar-refractivity contribution in [3.05, 3.63) is 18.2 Å². The van der Waals surface area contributed by atoms with Crippen LogP contribution in [0.4, 0.5) is 0 Å². The number of hydrogen-bond acceptors (Lipinski definition) is 3. The molecule has 4 heteroatoms. The Labute approximate surface area is 110 Å². The summed E-state index contributed by atoms with van der Waals surface area (Å²) < 4.78 is 2.26. The van der Waals surface area contributed by atoms with Crippen LogP contribution in [0.2, 0.25) is 0 Å². The van der Waals surface area contributed by atoms with E-state index in [9.17, 15) is 0 Å². The van der Waals surface area contributed by atoms with Crippen LogP contribution in [0, 0.1) is 5.92 Å². The summed E-state index contributed by atoms with van der Waals surface area (Å²) in [6, 6.07) is 0.495. The maximum atomic E-state index is 4.27. The molecule has 1 aromatic heterocycles. The summed E-state index contributed by atoms with van der Waals surface area (Å²) in [6.07, 6.45) is 6.57. The van der Waals surface area contributed by atoms with E-state index in [0.29, 0.717) is 6.04 Å². The molecule has 0 aromatic carbocycles. The quantitative estimate of drug-likeness (QED) is 0.866. The van der Waals surface area contributed by atoms with Crippen molar-refractivity contribution in [1.82, 2.24) is 19.8 Å². The van der Waals surface area contributed by atoms with Crippen LogP contribution in [0.25, 0.3) is 0 Å². The zero-order valence-corrected chi connectivity index (χ0v) is 11.9. The largest absolute Gasteiger partial charge is 0.331 e. The van der Waals surface area contributed by atoms with Crippen LogP contribution in [0.15, 0.2) is 12.5 Å². The smallest absolute Gasteiger partial charge is 0.0951 e. The van der Waals surface area contributed by atoms with Gasteiger partial charge in [0.2, 0.25) is 0 Å². The van der Waals surface area contributed by atoms with Crippen molar-refractivity contribution in [1.29, 1.82) is 0 Å². The normalized spacial score (nSPS) is 17.8. The average Bonchev–Trinajstić information content (AvgIpc) is 2.78. The van der Waals surface area contributed by atoms with Crippen molar-refractivity contribution in [3.8, 4) is 0 Å². The van der Waals surface area contributed by atoms with Crippen LogP contribution in [0.1, 0.15) is 38.4 Å². The number of rotatable bonds is 5. The van der Waals surface area contributed by atoms with Gasteiger partial charge in [0.15, 0.2) is 0 Å². The molecular weight excluding hydrogens is 224 g/mol. The minimum Gasteiger partial charge on any atom is -0.331 e. The second-order valence-electron chi connectivity index (χ2n) is 5.78. The lowest BCUT2D eigenvalue weighted by atomic mass is 9.98. The number of hydrogen-bond donors (Lipinski definition) is 1. The highest BCUT2D eigenvalue weighted by molar-refractivity contribution is 4.99. The standard InChI is InChI=1S/C14H26N4/c1-12(2)18-11-16-8-14(18)10-17(3)9-13-4-6-15-7-5-13/h8,11-13,15H,4-7,9-10H2,1-3H3. The molecule has 1 aliphatic rings. The molecule has 0 atom stereocenters. The molecule has 0 aliphatic carbocycles. The molecule has 102 valence electrons. The highest BCUT2D eigenvalue weighted by atomic mass is 15.1. The maximum absolute atomic E-state index is 4.27. The fourth-order valence-electron chi connectivity index (χ4n) is 2.77. The second kappa shape index (κ2) is 6.34. The second-order valence-corrected chi connectivity index (χ2v) is 5.78. The van der Waals surface area contributed by atoms with E-state index in [-0.39, 0.29) is 0 Å². The zero-order chi connectivity index (χ0) is 13.0. The summed E-state index contributed by atoms with van der Waals surface area (Å²) in [6.45, 7) is 8.98. The first kappa shape index (κ1) is 13.6. The van der Waals surface area contributed by atoms with Gasteiger partial charge in [-0.3, -0.25) is 0 Å². The Balaban J connectivity index is 1.86. The van der Waals surface area contributed by atoms with E-state index in [0.717, 1.165) is 12.5 Å². The lowest BCUT2D eigenvalue weighted by molar-refractivity contribution is 0.229. The van der Waals surface area contributed by atoms with Crippen LogP contribution < -0.4 is 5.32 Å². The van der Waals surface area contributed by atoms with Crippen molar-refractivity contribution in [2.45, 2.75) is 39.3 Å². The summed E-state index contributed by atoms with van der Waals surface area (Å²) in [5, 5.41) is 3.42. The molecule has 18 heavy (non-hydrogen) atoms. The lowest BCUT2D eigenvalue weighted by Gasteiger charge is -2.27. The topological polar surface area (TPSA) is 33.1 Å². The predicted octanol–water partition coefficient (Wildman–Crippen LogP) is 1.90. The van der Waals surface area contributed by atoms with Crippen LogP contribution >= 0.6 is 0 Å². The van der Waals surface area contributed by atoms with Crippen LogP contribution in [0.5, 0.6) is 0 Å². The number of piperidine rings is 1. The summed E-state index contributed by atoms with van der Waals surface area (Å²) in [5.41, 5.74) is 1.32. The van der Waals surface area contributed by atoms with E-state index in [1.54, 1.807) is 0 Å². The Hall–Kier alpha value is -0.870. The maximum Gasteiger partial charge on any atom is 0.0951 e. The molecule has 2 rings (SSSR count). The third-order valence-electron chi connectivity index (χ3n) is 3.76. The van der Waals surface area contributed by atoms with Crippen LogP contribution in [-0.4, -0.2) is 41.1 Å². The summed E-state index contributed by atoms with van der Waals surface area (Å²) in [5.74, 6) is 0.853.